The van der Waals surface area contributed by atoms with Gasteiger partial charge in [-0.3, -0.25) is 0 Å². The molecule has 2 aliphatic rings. The molecule has 0 spiro atoms. The molecule has 1 heterocycles. The molecule has 3 nitrogen and oxygen atoms in total. The predicted octanol–water partition coefficient (Wildman–Crippen LogP) is 3.36. The van der Waals surface area contributed by atoms with Crippen LogP contribution in [0.15, 0.2) is 6.07 Å². The molecule has 1 aromatic rings. The second kappa shape index (κ2) is 3.59. The van der Waals surface area contributed by atoms with Crippen molar-refractivity contribution in [1.82, 2.24) is 9.97 Å². The Morgan fingerprint density at radius 2 is 2.12 bits per heavy atom. The first kappa shape index (κ1) is 10.3. The normalized spacial score (nSPS) is 22.6. The van der Waals surface area contributed by atoms with Crippen molar-refractivity contribution in [2.24, 2.45) is 0 Å². The lowest BCUT2D eigenvalue weighted by Gasteiger charge is -2.39. The van der Waals surface area contributed by atoms with Gasteiger partial charge in [0.1, 0.15) is 16.8 Å². The van der Waals surface area contributed by atoms with Crippen molar-refractivity contribution >= 4 is 17.4 Å². The molecule has 3 rings (SSSR count). The monoisotopic (exact) mass is 237 g/mol. The molecule has 0 atom stereocenters. The zero-order valence-electron chi connectivity index (χ0n) is 9.46. The van der Waals surface area contributed by atoms with Crippen molar-refractivity contribution in [2.75, 3.05) is 5.32 Å². The van der Waals surface area contributed by atoms with E-state index < -0.39 is 0 Å². The van der Waals surface area contributed by atoms with Gasteiger partial charge in [-0.25, -0.2) is 9.97 Å². The minimum Gasteiger partial charge on any atom is -0.365 e. The van der Waals surface area contributed by atoms with Crippen molar-refractivity contribution in [3.8, 4) is 0 Å². The molecule has 1 aromatic heterocycles. The summed E-state index contributed by atoms with van der Waals surface area (Å²) >= 11 is 6.02. The third kappa shape index (κ3) is 2.01. The molecule has 2 saturated carbocycles. The molecule has 0 aromatic carbocycles. The molecule has 0 amide bonds. The Balaban J connectivity index is 1.82. The predicted molar refractivity (Wildman–Crippen MR) is 64.9 cm³/mol. The van der Waals surface area contributed by atoms with E-state index in [0.29, 0.717) is 11.1 Å². The summed E-state index contributed by atoms with van der Waals surface area (Å²) in [5, 5.41) is 4.04. The van der Waals surface area contributed by atoms with Crippen LogP contribution in [0.4, 0.5) is 5.82 Å². The fourth-order valence-electron chi connectivity index (χ4n) is 2.16. The molecule has 2 fully saturated rings. The summed E-state index contributed by atoms with van der Waals surface area (Å²) in [6.07, 6.45) is 6.15. The van der Waals surface area contributed by atoms with E-state index in [1.165, 1.54) is 32.1 Å². The highest BCUT2D eigenvalue weighted by atomic mass is 35.5. The Bertz CT molecular complexity index is 411. The Kier molecular flexibility index (Phi) is 2.32. The van der Waals surface area contributed by atoms with Crippen molar-refractivity contribution in [3.63, 3.8) is 0 Å². The SMILES string of the molecule is CC1(Nc2cc(Cl)nc(C3CC3)n2)CCC1. The highest BCUT2D eigenvalue weighted by molar-refractivity contribution is 6.29. The van der Waals surface area contributed by atoms with Gasteiger partial charge >= 0.3 is 0 Å². The number of nitrogens with one attached hydrogen (secondary N) is 1. The summed E-state index contributed by atoms with van der Waals surface area (Å²) in [7, 11) is 0. The average Bonchev–Trinajstić information content (AvgIpc) is 2.97. The molecule has 86 valence electrons. The van der Waals surface area contributed by atoms with Gasteiger partial charge in [0.05, 0.1) is 0 Å². The molecule has 0 aliphatic heterocycles. The van der Waals surface area contributed by atoms with Crippen molar-refractivity contribution < 1.29 is 0 Å². The van der Waals surface area contributed by atoms with Crippen LogP contribution in [0.25, 0.3) is 0 Å². The Hall–Kier alpha value is -0.830. The van der Waals surface area contributed by atoms with Gasteiger partial charge in [0.15, 0.2) is 0 Å². The molecule has 2 aliphatic carbocycles. The van der Waals surface area contributed by atoms with Crippen molar-refractivity contribution in [3.05, 3.63) is 17.0 Å². The van der Waals surface area contributed by atoms with E-state index in [2.05, 4.69) is 22.2 Å². The zero-order valence-corrected chi connectivity index (χ0v) is 10.2. The van der Waals surface area contributed by atoms with E-state index >= 15 is 0 Å². The number of nitrogens with zero attached hydrogens (tertiary/aromatic N) is 2. The van der Waals surface area contributed by atoms with Crippen LogP contribution in [0.5, 0.6) is 0 Å². The minimum atomic E-state index is 0.221. The maximum Gasteiger partial charge on any atom is 0.135 e. The summed E-state index contributed by atoms with van der Waals surface area (Å²) in [5.74, 6) is 2.36. The minimum absolute atomic E-state index is 0.221. The first-order chi connectivity index (χ1) is 7.65. The first-order valence-electron chi connectivity index (χ1n) is 5.97. The quantitative estimate of drug-likeness (QED) is 0.820. The van der Waals surface area contributed by atoms with Crippen LogP contribution in [-0.4, -0.2) is 15.5 Å². The lowest BCUT2D eigenvalue weighted by atomic mass is 9.78. The van der Waals surface area contributed by atoms with Crippen LogP contribution in [0.2, 0.25) is 5.15 Å². The molecular formula is C12H16ClN3. The van der Waals surface area contributed by atoms with E-state index in [1.54, 1.807) is 0 Å². The molecule has 1 N–H and O–H groups in total. The van der Waals surface area contributed by atoms with Crippen molar-refractivity contribution in [2.45, 2.75) is 50.5 Å². The largest absolute Gasteiger partial charge is 0.365 e. The lowest BCUT2D eigenvalue weighted by Crippen LogP contribution is -2.41. The topological polar surface area (TPSA) is 37.8 Å². The van der Waals surface area contributed by atoms with Gasteiger partial charge in [-0.05, 0) is 39.0 Å². The van der Waals surface area contributed by atoms with Gasteiger partial charge < -0.3 is 5.32 Å². The van der Waals surface area contributed by atoms with Gasteiger partial charge in [-0.1, -0.05) is 11.6 Å². The number of halogens is 1. The molecule has 0 radical (unpaired) electrons. The highest BCUT2D eigenvalue weighted by Crippen LogP contribution is 2.40. The third-order valence-electron chi connectivity index (χ3n) is 3.54. The fraction of sp³-hybridized carbons (Fsp3) is 0.667. The molecule has 0 saturated heterocycles. The maximum absolute atomic E-state index is 6.02. The lowest BCUT2D eigenvalue weighted by molar-refractivity contribution is 0.305. The van der Waals surface area contributed by atoms with E-state index in [9.17, 15) is 0 Å². The van der Waals surface area contributed by atoms with Gasteiger partial charge in [0, 0.05) is 17.5 Å². The van der Waals surface area contributed by atoms with Gasteiger partial charge in [0.25, 0.3) is 0 Å². The first-order valence-corrected chi connectivity index (χ1v) is 6.35. The van der Waals surface area contributed by atoms with Crippen LogP contribution in [0, 0.1) is 0 Å². The summed E-state index contributed by atoms with van der Waals surface area (Å²) in [6.45, 7) is 2.24. The van der Waals surface area contributed by atoms with E-state index in [1.807, 2.05) is 6.07 Å². The molecule has 16 heavy (non-hydrogen) atoms. The standard InChI is InChI=1S/C12H16ClN3/c1-12(5-2-6-12)16-10-7-9(13)14-11(15-10)8-3-4-8/h7-8H,2-6H2,1H3,(H,14,15,16). The molecule has 0 bridgehead atoms. The summed E-state index contributed by atoms with van der Waals surface area (Å²) in [5.41, 5.74) is 0.221. The number of anilines is 1. The van der Waals surface area contributed by atoms with Crippen LogP contribution in [-0.2, 0) is 0 Å². The van der Waals surface area contributed by atoms with Crippen LogP contribution in [0.1, 0.15) is 50.8 Å². The second-order valence-corrected chi connectivity index (χ2v) is 5.63. The number of hydrogen-bond acceptors (Lipinski definition) is 3. The maximum atomic E-state index is 6.02. The summed E-state index contributed by atoms with van der Waals surface area (Å²) < 4.78 is 0. The van der Waals surface area contributed by atoms with Gasteiger partial charge in [-0.15, -0.1) is 0 Å². The molecule has 0 unspecified atom stereocenters. The fourth-order valence-corrected chi connectivity index (χ4v) is 2.35. The van der Waals surface area contributed by atoms with Crippen LogP contribution >= 0.6 is 11.6 Å². The van der Waals surface area contributed by atoms with E-state index in [-0.39, 0.29) is 5.54 Å². The Morgan fingerprint density at radius 3 is 2.69 bits per heavy atom. The summed E-state index contributed by atoms with van der Waals surface area (Å²) in [6, 6.07) is 1.83. The summed E-state index contributed by atoms with van der Waals surface area (Å²) in [4.78, 5) is 8.84. The zero-order chi connectivity index (χ0) is 11.2. The molecular weight excluding hydrogens is 222 g/mol. The van der Waals surface area contributed by atoms with E-state index in [4.69, 9.17) is 11.6 Å². The number of hydrogen-bond donors (Lipinski definition) is 1. The Labute approximate surface area is 101 Å². The van der Waals surface area contributed by atoms with Gasteiger partial charge in [-0.2, -0.15) is 0 Å². The van der Waals surface area contributed by atoms with Crippen molar-refractivity contribution in [1.29, 1.82) is 0 Å². The smallest absolute Gasteiger partial charge is 0.135 e. The van der Waals surface area contributed by atoms with E-state index in [0.717, 1.165) is 11.6 Å². The van der Waals surface area contributed by atoms with Crippen LogP contribution < -0.4 is 5.32 Å². The van der Waals surface area contributed by atoms with Gasteiger partial charge in [0.2, 0.25) is 0 Å². The Morgan fingerprint density at radius 1 is 1.38 bits per heavy atom. The average molecular weight is 238 g/mol. The number of rotatable bonds is 3. The second-order valence-electron chi connectivity index (χ2n) is 5.25. The third-order valence-corrected chi connectivity index (χ3v) is 3.74. The molecule has 4 heteroatoms. The van der Waals surface area contributed by atoms with Crippen LogP contribution in [0.3, 0.4) is 0 Å². The highest BCUT2D eigenvalue weighted by Gasteiger charge is 2.33. The number of aromatic nitrogens is 2.